The Kier molecular flexibility index (Phi) is 6.41. The molecule has 0 spiro atoms. The Labute approximate surface area is 131 Å². The van der Waals surface area contributed by atoms with Crippen molar-refractivity contribution in [3.05, 3.63) is 21.9 Å². The lowest BCUT2D eigenvalue weighted by molar-refractivity contribution is 0.350. The van der Waals surface area contributed by atoms with E-state index in [0.29, 0.717) is 13.0 Å². The van der Waals surface area contributed by atoms with Crippen LogP contribution in [0, 0.1) is 17.3 Å². The topological polar surface area (TPSA) is 57.6 Å². The summed E-state index contributed by atoms with van der Waals surface area (Å²) < 4.78 is 25.9. The first kappa shape index (κ1) is 18.2. The van der Waals surface area contributed by atoms with Gasteiger partial charge in [0.1, 0.15) is 6.61 Å². The average Bonchev–Trinajstić information content (AvgIpc) is 2.81. The van der Waals surface area contributed by atoms with Crippen molar-refractivity contribution in [2.75, 3.05) is 19.4 Å². The predicted octanol–water partition coefficient (Wildman–Crippen LogP) is 2.29. The summed E-state index contributed by atoms with van der Waals surface area (Å²) in [7, 11) is -1.63. The van der Waals surface area contributed by atoms with Crippen LogP contribution in [0.5, 0.6) is 0 Å². The van der Waals surface area contributed by atoms with E-state index in [1.807, 2.05) is 32.2 Å². The second-order valence-corrected chi connectivity index (χ2v) is 9.34. The lowest BCUT2D eigenvalue weighted by Crippen LogP contribution is -2.30. The Morgan fingerprint density at radius 2 is 2.05 bits per heavy atom. The van der Waals surface area contributed by atoms with Gasteiger partial charge in [-0.05, 0) is 17.9 Å². The van der Waals surface area contributed by atoms with Crippen molar-refractivity contribution in [1.82, 2.24) is 4.31 Å². The van der Waals surface area contributed by atoms with Crippen LogP contribution in [0.15, 0.2) is 11.4 Å². The minimum absolute atomic E-state index is 0.00386. The Morgan fingerprint density at radius 1 is 1.38 bits per heavy atom. The zero-order valence-corrected chi connectivity index (χ0v) is 14.6. The van der Waals surface area contributed by atoms with E-state index in [0.717, 1.165) is 10.4 Å². The van der Waals surface area contributed by atoms with E-state index in [1.54, 1.807) is 7.05 Å². The summed E-state index contributed by atoms with van der Waals surface area (Å²) in [6.45, 7) is 6.29. The molecule has 0 aliphatic rings. The molecule has 1 aromatic rings. The van der Waals surface area contributed by atoms with Gasteiger partial charge in [-0.25, -0.2) is 8.42 Å². The third-order valence-corrected chi connectivity index (χ3v) is 5.65. The van der Waals surface area contributed by atoms with Gasteiger partial charge in [0.2, 0.25) is 10.0 Å². The fraction of sp³-hybridized carbons (Fsp3) is 0.600. The molecular formula is C15H23NO3S2. The van der Waals surface area contributed by atoms with E-state index in [-0.39, 0.29) is 17.8 Å². The molecule has 1 aromatic heterocycles. The van der Waals surface area contributed by atoms with Crippen molar-refractivity contribution < 1.29 is 13.5 Å². The summed E-state index contributed by atoms with van der Waals surface area (Å²) in [5.74, 6) is 5.56. The number of sulfonamides is 1. The predicted molar refractivity (Wildman–Crippen MR) is 87.6 cm³/mol. The quantitative estimate of drug-likeness (QED) is 0.843. The molecule has 1 rings (SSSR count). The number of rotatable bonds is 5. The van der Waals surface area contributed by atoms with Crippen molar-refractivity contribution >= 4 is 21.4 Å². The summed E-state index contributed by atoms with van der Waals surface area (Å²) >= 11 is 1.48. The van der Waals surface area contributed by atoms with E-state index in [1.165, 1.54) is 15.6 Å². The van der Waals surface area contributed by atoms with Gasteiger partial charge >= 0.3 is 0 Å². The first-order valence-electron chi connectivity index (χ1n) is 6.75. The van der Waals surface area contributed by atoms with Crippen molar-refractivity contribution in [1.29, 1.82) is 0 Å². The van der Waals surface area contributed by atoms with E-state index in [9.17, 15) is 8.42 Å². The minimum Gasteiger partial charge on any atom is -0.384 e. The molecule has 0 saturated carbocycles. The monoisotopic (exact) mass is 329 g/mol. The number of thiophene rings is 1. The number of nitrogens with zero attached hydrogens (tertiary/aromatic N) is 1. The lowest BCUT2D eigenvalue weighted by atomic mass is 9.94. The van der Waals surface area contributed by atoms with Crippen LogP contribution >= 0.6 is 11.3 Å². The molecule has 0 unspecified atom stereocenters. The van der Waals surface area contributed by atoms with Gasteiger partial charge in [0, 0.05) is 29.4 Å². The van der Waals surface area contributed by atoms with Crippen LogP contribution in [0.25, 0.3) is 0 Å². The van der Waals surface area contributed by atoms with Gasteiger partial charge in [-0.3, -0.25) is 0 Å². The fourth-order valence-electron chi connectivity index (χ4n) is 1.58. The summed E-state index contributed by atoms with van der Waals surface area (Å²) in [5.41, 5.74) is 0.814. The smallest absolute Gasteiger partial charge is 0.214 e. The van der Waals surface area contributed by atoms with Gasteiger partial charge in [-0.1, -0.05) is 32.6 Å². The van der Waals surface area contributed by atoms with Gasteiger partial charge in [0.15, 0.2) is 0 Å². The molecule has 0 aromatic carbocycles. The molecular weight excluding hydrogens is 306 g/mol. The third kappa shape index (κ3) is 6.62. The van der Waals surface area contributed by atoms with Crippen molar-refractivity contribution in [3.8, 4) is 11.8 Å². The molecule has 1 N–H and O–H groups in total. The second-order valence-electron chi connectivity index (χ2n) is 6.14. The molecule has 0 fully saturated rings. The van der Waals surface area contributed by atoms with E-state index in [2.05, 4.69) is 11.8 Å². The van der Waals surface area contributed by atoms with E-state index in [4.69, 9.17) is 5.11 Å². The van der Waals surface area contributed by atoms with Gasteiger partial charge in [-0.2, -0.15) is 4.31 Å². The largest absolute Gasteiger partial charge is 0.384 e. The first-order valence-corrected chi connectivity index (χ1v) is 9.24. The Balaban J connectivity index is 2.67. The zero-order valence-electron chi connectivity index (χ0n) is 13.0. The molecule has 0 radical (unpaired) electrons. The van der Waals surface area contributed by atoms with Crippen LogP contribution in [0.1, 0.15) is 37.6 Å². The van der Waals surface area contributed by atoms with Crippen LogP contribution in [-0.4, -0.2) is 37.2 Å². The Hall–Kier alpha value is -0.870. The maximum absolute atomic E-state index is 12.2. The maximum Gasteiger partial charge on any atom is 0.214 e. The molecule has 0 bridgehead atoms. The highest BCUT2D eigenvalue weighted by atomic mass is 32.2. The summed E-state index contributed by atoms with van der Waals surface area (Å²) in [5, 5.41) is 10.5. The van der Waals surface area contributed by atoms with Crippen molar-refractivity contribution in [3.63, 3.8) is 0 Å². The minimum atomic E-state index is -3.24. The highest BCUT2D eigenvalue weighted by molar-refractivity contribution is 7.89. The second kappa shape index (κ2) is 7.41. The molecule has 1 heterocycles. The highest BCUT2D eigenvalue weighted by Crippen LogP contribution is 2.22. The Bertz CT molecular complexity index is 615. The molecule has 21 heavy (non-hydrogen) atoms. The molecule has 0 atom stereocenters. The molecule has 0 aliphatic heterocycles. The molecule has 0 amide bonds. The zero-order chi connectivity index (χ0) is 16.1. The average molecular weight is 329 g/mol. The number of hydrogen-bond acceptors (Lipinski definition) is 4. The number of hydrogen-bond donors (Lipinski definition) is 1. The Morgan fingerprint density at radius 3 is 2.62 bits per heavy atom. The van der Waals surface area contributed by atoms with Crippen molar-refractivity contribution in [2.45, 2.75) is 33.7 Å². The molecule has 118 valence electrons. The van der Waals surface area contributed by atoms with Crippen LogP contribution < -0.4 is 0 Å². The number of aliphatic hydroxyl groups is 1. The molecule has 0 saturated heterocycles. The summed E-state index contributed by atoms with van der Waals surface area (Å²) in [4.78, 5) is 0.944. The van der Waals surface area contributed by atoms with Crippen LogP contribution in [0.3, 0.4) is 0 Å². The first-order chi connectivity index (χ1) is 9.64. The normalized spacial score (nSPS) is 12.3. The number of aliphatic hydroxyl groups excluding tert-OH is 1. The van der Waals surface area contributed by atoms with Gasteiger partial charge in [0.25, 0.3) is 0 Å². The van der Waals surface area contributed by atoms with E-state index < -0.39 is 10.0 Å². The summed E-state index contributed by atoms with van der Waals surface area (Å²) in [6.07, 6.45) is 0.636. The molecule has 0 aliphatic carbocycles. The van der Waals surface area contributed by atoms with Crippen LogP contribution in [0.2, 0.25) is 0 Å². The fourth-order valence-corrected chi connectivity index (χ4v) is 4.05. The highest BCUT2D eigenvalue weighted by Gasteiger charge is 2.22. The molecule has 4 nitrogen and oxygen atoms in total. The SMILES string of the molecule is CN(Cc1cc(C#CCO)cs1)S(=O)(=O)CCC(C)(C)C. The van der Waals surface area contributed by atoms with Crippen LogP contribution in [-0.2, 0) is 16.6 Å². The third-order valence-electron chi connectivity index (χ3n) is 2.93. The standard InChI is InChI=1S/C15H23NO3S2/c1-15(2,3)7-9-21(18,19)16(4)11-14-10-13(12-20-14)6-5-8-17/h10,12,17H,7-9,11H2,1-4H3. The van der Waals surface area contributed by atoms with Gasteiger partial charge in [-0.15, -0.1) is 11.3 Å². The van der Waals surface area contributed by atoms with Crippen LogP contribution in [0.4, 0.5) is 0 Å². The van der Waals surface area contributed by atoms with E-state index >= 15 is 0 Å². The van der Waals surface area contributed by atoms with Gasteiger partial charge < -0.3 is 5.11 Å². The lowest BCUT2D eigenvalue weighted by Gasteiger charge is -2.21. The summed E-state index contributed by atoms with van der Waals surface area (Å²) in [6, 6.07) is 1.86. The van der Waals surface area contributed by atoms with Gasteiger partial charge in [0.05, 0.1) is 5.75 Å². The molecule has 6 heteroatoms. The maximum atomic E-state index is 12.2. The van der Waals surface area contributed by atoms with Crippen molar-refractivity contribution in [2.24, 2.45) is 5.41 Å².